The van der Waals surface area contributed by atoms with E-state index in [4.69, 9.17) is 16.3 Å². The normalized spacial score (nSPS) is 14.2. The van der Waals surface area contributed by atoms with Crippen molar-refractivity contribution >= 4 is 29.2 Å². The lowest BCUT2D eigenvalue weighted by atomic mass is 9.85. The van der Waals surface area contributed by atoms with E-state index >= 15 is 0 Å². The number of aryl methyl sites for hydroxylation is 1. The van der Waals surface area contributed by atoms with Crippen LogP contribution < -0.4 is 5.32 Å². The number of amides is 1. The topological polar surface area (TPSA) is 55.4 Å². The first-order valence-electron chi connectivity index (χ1n) is 10.9. The van der Waals surface area contributed by atoms with Gasteiger partial charge in [0.05, 0.1) is 28.1 Å². The average Bonchev–Trinajstić information content (AvgIpc) is 2.72. The molecule has 0 aliphatic rings. The molecular weight excluding hydrogens is 512 g/mol. The van der Waals surface area contributed by atoms with Gasteiger partial charge in [-0.1, -0.05) is 36.7 Å². The highest BCUT2D eigenvalue weighted by molar-refractivity contribution is 6.33. The average molecular weight is 538 g/mol. The van der Waals surface area contributed by atoms with Crippen molar-refractivity contribution in [3.8, 4) is 0 Å². The lowest BCUT2D eigenvalue weighted by Gasteiger charge is -2.26. The number of carbonyl (C=O) groups excluding carboxylic acids is 2. The minimum atomic E-state index is -4.80. The van der Waals surface area contributed by atoms with Crippen molar-refractivity contribution < 1.29 is 40.7 Å². The van der Waals surface area contributed by atoms with Crippen LogP contribution in [0.3, 0.4) is 0 Å². The first-order chi connectivity index (χ1) is 16.4. The Balaban J connectivity index is 2.29. The van der Waals surface area contributed by atoms with E-state index in [9.17, 15) is 35.9 Å². The largest absolute Gasteiger partial charge is 0.460 e. The maximum Gasteiger partial charge on any atom is 0.416 e. The molecule has 4 nitrogen and oxygen atoms in total. The van der Waals surface area contributed by atoms with Gasteiger partial charge in [-0.2, -0.15) is 26.3 Å². The molecule has 2 unspecified atom stereocenters. The predicted octanol–water partition coefficient (Wildman–Crippen LogP) is 7.55. The van der Waals surface area contributed by atoms with Gasteiger partial charge in [-0.25, -0.2) is 0 Å². The fraction of sp³-hybridized carbons (Fsp3) is 0.440. The highest BCUT2D eigenvalue weighted by atomic mass is 35.5. The van der Waals surface area contributed by atoms with E-state index in [0.717, 1.165) is 19.1 Å². The van der Waals surface area contributed by atoms with Crippen LogP contribution in [0.2, 0.25) is 5.02 Å². The molecule has 1 amide bonds. The monoisotopic (exact) mass is 537 g/mol. The Morgan fingerprint density at radius 3 is 2.06 bits per heavy atom. The summed E-state index contributed by atoms with van der Waals surface area (Å²) in [6, 6.07) is 7.40. The fourth-order valence-electron chi connectivity index (χ4n) is 3.41. The summed E-state index contributed by atoms with van der Waals surface area (Å²) < 4.78 is 84.6. The maximum atomic E-state index is 13.6. The number of benzene rings is 2. The number of nitrogens with one attached hydrogen (secondary N) is 1. The van der Waals surface area contributed by atoms with Gasteiger partial charge in [0, 0.05) is 6.42 Å². The molecule has 0 radical (unpaired) electrons. The third kappa shape index (κ3) is 8.43. The molecule has 198 valence electrons. The van der Waals surface area contributed by atoms with Gasteiger partial charge in [0.15, 0.2) is 0 Å². The van der Waals surface area contributed by atoms with Gasteiger partial charge in [0.25, 0.3) is 0 Å². The molecule has 0 aliphatic heterocycles. The number of anilines is 1. The molecule has 11 heteroatoms. The Labute approximate surface area is 210 Å². The van der Waals surface area contributed by atoms with E-state index in [-0.39, 0.29) is 29.1 Å². The number of esters is 1. The Hall–Kier alpha value is -2.75. The Bertz CT molecular complexity index is 1080. The van der Waals surface area contributed by atoms with Gasteiger partial charge in [0.1, 0.15) is 5.60 Å². The van der Waals surface area contributed by atoms with Crippen LogP contribution in [0.1, 0.15) is 56.7 Å². The molecule has 0 saturated heterocycles. The second-order valence-corrected chi connectivity index (χ2v) is 9.72. The number of hydrogen-bond donors (Lipinski definition) is 1. The van der Waals surface area contributed by atoms with Crippen LogP contribution in [0.4, 0.5) is 32.0 Å². The molecule has 36 heavy (non-hydrogen) atoms. The van der Waals surface area contributed by atoms with Crippen molar-refractivity contribution in [2.24, 2.45) is 5.92 Å². The summed E-state index contributed by atoms with van der Waals surface area (Å²) in [6.07, 6.45) is -9.25. The minimum Gasteiger partial charge on any atom is -0.460 e. The van der Waals surface area contributed by atoms with E-state index in [2.05, 4.69) is 5.32 Å². The van der Waals surface area contributed by atoms with E-state index in [1.54, 1.807) is 26.8 Å². The second-order valence-electron chi connectivity index (χ2n) is 9.32. The molecule has 0 aliphatic carbocycles. The third-order valence-electron chi connectivity index (χ3n) is 5.22. The summed E-state index contributed by atoms with van der Waals surface area (Å²) in [6.45, 7) is 5.93. The molecule has 2 aromatic carbocycles. The number of rotatable bonds is 7. The Morgan fingerprint density at radius 2 is 1.56 bits per heavy atom. The molecule has 0 saturated carbocycles. The molecule has 0 heterocycles. The SMILES string of the molecule is CC(C(C(=O)Nc1cc(CCC(=O)OC(C)(C)C)ccc1Cl)c1ccc(C(F)(F)F)cc1)C(F)(F)F. The van der Waals surface area contributed by atoms with Crippen molar-refractivity contribution in [1.82, 2.24) is 0 Å². The number of ether oxygens (including phenoxy) is 1. The molecule has 0 fully saturated rings. The molecule has 0 spiro atoms. The highest BCUT2D eigenvalue weighted by Gasteiger charge is 2.45. The van der Waals surface area contributed by atoms with E-state index in [0.29, 0.717) is 17.7 Å². The smallest absolute Gasteiger partial charge is 0.416 e. The molecule has 1 N–H and O–H groups in total. The summed E-state index contributed by atoms with van der Waals surface area (Å²) in [5, 5.41) is 2.40. The van der Waals surface area contributed by atoms with Crippen LogP contribution in [0, 0.1) is 5.92 Å². The second kappa shape index (κ2) is 11.1. The van der Waals surface area contributed by atoms with Crippen LogP contribution in [-0.2, 0) is 26.9 Å². The standard InChI is InChI=1S/C25H26ClF6NO3/c1-14(24(27,28)29)21(16-7-9-17(10-8-16)25(30,31)32)22(35)33-19-13-15(5-11-18(19)26)6-12-20(34)36-23(2,3)4/h5,7-11,13-14,21H,6,12H2,1-4H3,(H,33,35). The van der Waals surface area contributed by atoms with Crippen LogP contribution >= 0.6 is 11.6 Å². The molecule has 2 rings (SSSR count). The summed E-state index contributed by atoms with van der Waals surface area (Å²) in [5.41, 5.74) is -1.38. The van der Waals surface area contributed by atoms with Crippen molar-refractivity contribution in [2.75, 3.05) is 5.32 Å². The predicted molar refractivity (Wildman–Crippen MR) is 124 cm³/mol. The van der Waals surface area contributed by atoms with Gasteiger partial charge < -0.3 is 10.1 Å². The van der Waals surface area contributed by atoms with Crippen LogP contribution in [0.15, 0.2) is 42.5 Å². The number of halogens is 7. The first-order valence-corrected chi connectivity index (χ1v) is 11.3. The maximum absolute atomic E-state index is 13.6. The van der Waals surface area contributed by atoms with Crippen molar-refractivity contribution in [2.45, 2.75) is 64.4 Å². The summed E-state index contributed by atoms with van der Waals surface area (Å²) in [4.78, 5) is 25.0. The summed E-state index contributed by atoms with van der Waals surface area (Å²) >= 11 is 6.13. The lowest BCUT2D eigenvalue weighted by molar-refractivity contribution is -0.178. The van der Waals surface area contributed by atoms with Crippen LogP contribution in [-0.4, -0.2) is 23.7 Å². The van der Waals surface area contributed by atoms with Gasteiger partial charge in [-0.3, -0.25) is 9.59 Å². The quantitative estimate of drug-likeness (QED) is 0.293. The summed E-state index contributed by atoms with van der Waals surface area (Å²) in [7, 11) is 0. The van der Waals surface area contributed by atoms with E-state index < -0.39 is 47.2 Å². The molecule has 0 aromatic heterocycles. The van der Waals surface area contributed by atoms with Crippen molar-refractivity contribution in [1.29, 1.82) is 0 Å². The van der Waals surface area contributed by atoms with Crippen LogP contribution in [0.25, 0.3) is 0 Å². The van der Waals surface area contributed by atoms with Crippen molar-refractivity contribution in [3.05, 3.63) is 64.2 Å². The van der Waals surface area contributed by atoms with Gasteiger partial charge in [-0.05, 0) is 62.6 Å². The van der Waals surface area contributed by atoms with Gasteiger partial charge in [0.2, 0.25) is 5.91 Å². The van der Waals surface area contributed by atoms with Crippen LogP contribution in [0.5, 0.6) is 0 Å². The zero-order chi connectivity index (χ0) is 27.5. The van der Waals surface area contributed by atoms with E-state index in [1.807, 2.05) is 0 Å². The zero-order valence-corrected chi connectivity index (χ0v) is 20.7. The number of hydrogen-bond acceptors (Lipinski definition) is 3. The van der Waals surface area contributed by atoms with E-state index in [1.165, 1.54) is 12.1 Å². The summed E-state index contributed by atoms with van der Waals surface area (Å²) in [5.74, 6) is -5.59. The molecular formula is C25H26ClF6NO3. The molecule has 2 aromatic rings. The van der Waals surface area contributed by atoms with Gasteiger partial charge in [-0.15, -0.1) is 0 Å². The highest BCUT2D eigenvalue weighted by Crippen LogP contribution is 2.39. The number of alkyl halides is 6. The van der Waals surface area contributed by atoms with Gasteiger partial charge >= 0.3 is 18.3 Å². The number of carbonyl (C=O) groups is 2. The van der Waals surface area contributed by atoms with Crippen molar-refractivity contribution in [3.63, 3.8) is 0 Å². The minimum absolute atomic E-state index is 0.00893. The Kier molecular flexibility index (Phi) is 9.10. The molecule has 0 bridgehead atoms. The molecule has 2 atom stereocenters. The zero-order valence-electron chi connectivity index (χ0n) is 20.0. The first kappa shape index (κ1) is 29.5. The lowest BCUT2D eigenvalue weighted by Crippen LogP contribution is -2.34. The Morgan fingerprint density at radius 1 is 0.972 bits per heavy atom. The third-order valence-corrected chi connectivity index (χ3v) is 5.55. The fourth-order valence-corrected chi connectivity index (χ4v) is 3.57.